The summed E-state index contributed by atoms with van der Waals surface area (Å²) >= 11 is 1.66. The lowest BCUT2D eigenvalue weighted by Gasteiger charge is -2.21. The van der Waals surface area contributed by atoms with E-state index in [-0.39, 0.29) is 12.1 Å². The van der Waals surface area contributed by atoms with Crippen LogP contribution >= 0.6 is 11.3 Å². The molecule has 2 unspecified atom stereocenters. The molecule has 3 nitrogen and oxygen atoms in total. The van der Waals surface area contributed by atoms with Crippen LogP contribution in [-0.4, -0.2) is 12.6 Å². The van der Waals surface area contributed by atoms with Crippen LogP contribution in [0, 0.1) is 0 Å². The molecular formula is C16H21NO2S. The van der Waals surface area contributed by atoms with Gasteiger partial charge >= 0.3 is 0 Å². The van der Waals surface area contributed by atoms with Gasteiger partial charge in [-0.25, -0.2) is 0 Å². The second-order valence-corrected chi connectivity index (χ2v) is 5.71. The lowest BCUT2D eigenvalue weighted by molar-refractivity contribution is 0.184. The van der Waals surface area contributed by atoms with Crippen molar-refractivity contribution in [3.8, 4) is 11.5 Å². The molecule has 0 aliphatic rings. The third-order valence-electron chi connectivity index (χ3n) is 2.86. The van der Waals surface area contributed by atoms with Crippen LogP contribution in [0.25, 0.3) is 0 Å². The maximum Gasteiger partial charge on any atom is 0.148 e. The Morgan fingerprint density at radius 3 is 2.40 bits per heavy atom. The van der Waals surface area contributed by atoms with Crippen molar-refractivity contribution in [2.45, 2.75) is 32.4 Å². The van der Waals surface area contributed by atoms with Crippen LogP contribution in [0.5, 0.6) is 11.5 Å². The first-order chi connectivity index (χ1) is 9.70. The van der Waals surface area contributed by atoms with Gasteiger partial charge < -0.3 is 15.2 Å². The van der Waals surface area contributed by atoms with Crippen LogP contribution < -0.4 is 15.2 Å². The van der Waals surface area contributed by atoms with E-state index in [0.29, 0.717) is 0 Å². The normalized spacial score (nSPS) is 13.8. The van der Waals surface area contributed by atoms with E-state index in [1.54, 1.807) is 11.3 Å². The summed E-state index contributed by atoms with van der Waals surface area (Å²) in [5.74, 6) is 1.68. The highest BCUT2D eigenvalue weighted by Gasteiger charge is 2.19. The summed E-state index contributed by atoms with van der Waals surface area (Å²) in [7, 11) is 0. The van der Waals surface area contributed by atoms with Gasteiger partial charge in [-0.15, -0.1) is 11.3 Å². The molecular weight excluding hydrogens is 270 g/mol. The van der Waals surface area contributed by atoms with Crippen molar-refractivity contribution in [2.24, 2.45) is 5.73 Å². The van der Waals surface area contributed by atoms with Gasteiger partial charge in [0.2, 0.25) is 0 Å². The summed E-state index contributed by atoms with van der Waals surface area (Å²) in [5.41, 5.74) is 6.03. The van der Waals surface area contributed by atoms with Crippen molar-refractivity contribution in [2.75, 3.05) is 6.61 Å². The molecule has 0 saturated carbocycles. The van der Waals surface area contributed by atoms with Gasteiger partial charge in [-0.1, -0.05) is 13.0 Å². The summed E-state index contributed by atoms with van der Waals surface area (Å²) in [6.07, 6.45) is 0.890. The summed E-state index contributed by atoms with van der Waals surface area (Å²) in [6.45, 7) is 4.78. The maximum absolute atomic E-state index is 6.03. The molecule has 1 heterocycles. The smallest absolute Gasteiger partial charge is 0.148 e. The minimum absolute atomic E-state index is 0.0651. The van der Waals surface area contributed by atoms with Crippen LogP contribution in [-0.2, 0) is 0 Å². The first kappa shape index (κ1) is 14.9. The molecule has 2 rings (SSSR count). The molecule has 0 aliphatic heterocycles. The Bertz CT molecular complexity index is 494. The van der Waals surface area contributed by atoms with Crippen molar-refractivity contribution in [1.29, 1.82) is 0 Å². The molecule has 0 saturated heterocycles. The molecule has 20 heavy (non-hydrogen) atoms. The van der Waals surface area contributed by atoms with Gasteiger partial charge in [-0.05, 0) is 49.1 Å². The molecule has 0 radical (unpaired) electrons. The van der Waals surface area contributed by atoms with Crippen LogP contribution in [0.4, 0.5) is 0 Å². The van der Waals surface area contributed by atoms with Gasteiger partial charge in [-0.3, -0.25) is 0 Å². The minimum atomic E-state index is -0.114. The Morgan fingerprint density at radius 2 is 1.85 bits per heavy atom. The predicted octanol–water partition coefficient (Wildman–Crippen LogP) is 4.00. The molecule has 4 heteroatoms. The molecule has 2 atom stereocenters. The molecule has 2 aromatic rings. The summed E-state index contributed by atoms with van der Waals surface area (Å²) in [4.78, 5) is 1.14. The zero-order valence-electron chi connectivity index (χ0n) is 11.9. The standard InChI is InChI=1S/C16H21NO2S/c1-3-10-18-13-6-8-14(9-7-13)19-16(12(2)17)15-5-4-11-20-15/h4-9,11-12,16H,3,10,17H2,1-2H3. The number of hydrogen-bond donors (Lipinski definition) is 1. The van der Waals surface area contributed by atoms with E-state index in [1.165, 1.54) is 0 Å². The molecule has 0 aliphatic carbocycles. The van der Waals surface area contributed by atoms with E-state index < -0.39 is 0 Å². The van der Waals surface area contributed by atoms with E-state index in [4.69, 9.17) is 15.2 Å². The first-order valence-electron chi connectivity index (χ1n) is 6.89. The number of ether oxygens (including phenoxy) is 2. The Labute approximate surface area is 124 Å². The van der Waals surface area contributed by atoms with Crippen molar-refractivity contribution in [3.63, 3.8) is 0 Å². The van der Waals surface area contributed by atoms with Gasteiger partial charge in [0.05, 0.1) is 6.61 Å². The highest BCUT2D eigenvalue weighted by Crippen LogP contribution is 2.28. The molecule has 1 aromatic carbocycles. The quantitative estimate of drug-likeness (QED) is 0.838. The van der Waals surface area contributed by atoms with Crippen LogP contribution in [0.1, 0.15) is 31.2 Å². The fourth-order valence-corrected chi connectivity index (χ4v) is 2.73. The summed E-state index contributed by atoms with van der Waals surface area (Å²) in [6, 6.07) is 11.7. The largest absolute Gasteiger partial charge is 0.494 e. The van der Waals surface area contributed by atoms with E-state index >= 15 is 0 Å². The number of thiophene rings is 1. The second kappa shape index (κ2) is 7.31. The van der Waals surface area contributed by atoms with Crippen molar-refractivity contribution in [3.05, 3.63) is 46.7 Å². The van der Waals surface area contributed by atoms with E-state index in [1.807, 2.05) is 42.6 Å². The Hall–Kier alpha value is -1.52. The van der Waals surface area contributed by atoms with Crippen LogP contribution in [0.3, 0.4) is 0 Å². The van der Waals surface area contributed by atoms with Gasteiger partial charge in [-0.2, -0.15) is 0 Å². The average molecular weight is 291 g/mol. The van der Waals surface area contributed by atoms with Gasteiger partial charge in [0, 0.05) is 10.9 Å². The first-order valence-corrected chi connectivity index (χ1v) is 7.77. The third kappa shape index (κ3) is 3.99. The van der Waals surface area contributed by atoms with Crippen molar-refractivity contribution in [1.82, 2.24) is 0 Å². The Balaban J connectivity index is 2.04. The SMILES string of the molecule is CCCOc1ccc(OC(c2cccs2)C(C)N)cc1. The molecule has 0 bridgehead atoms. The van der Waals surface area contributed by atoms with Crippen LogP contribution in [0.15, 0.2) is 41.8 Å². The molecule has 0 amide bonds. The zero-order chi connectivity index (χ0) is 14.4. The lowest BCUT2D eigenvalue weighted by Crippen LogP contribution is -2.28. The monoisotopic (exact) mass is 291 g/mol. The predicted molar refractivity (Wildman–Crippen MR) is 83.6 cm³/mol. The highest BCUT2D eigenvalue weighted by molar-refractivity contribution is 7.10. The molecule has 1 aromatic heterocycles. The summed E-state index contributed by atoms with van der Waals surface area (Å²) in [5, 5.41) is 2.04. The van der Waals surface area contributed by atoms with E-state index in [2.05, 4.69) is 13.0 Å². The Morgan fingerprint density at radius 1 is 1.15 bits per heavy atom. The topological polar surface area (TPSA) is 44.5 Å². The van der Waals surface area contributed by atoms with Crippen LogP contribution in [0.2, 0.25) is 0 Å². The molecule has 0 fully saturated rings. The number of benzene rings is 1. The molecule has 108 valence electrons. The van der Waals surface area contributed by atoms with Gasteiger partial charge in [0.25, 0.3) is 0 Å². The minimum Gasteiger partial charge on any atom is -0.494 e. The van der Waals surface area contributed by atoms with Gasteiger partial charge in [0.15, 0.2) is 0 Å². The zero-order valence-corrected chi connectivity index (χ0v) is 12.7. The van der Waals surface area contributed by atoms with E-state index in [0.717, 1.165) is 29.4 Å². The molecule has 0 spiro atoms. The third-order valence-corrected chi connectivity index (χ3v) is 3.79. The average Bonchev–Trinajstić information content (AvgIpc) is 2.97. The highest BCUT2D eigenvalue weighted by atomic mass is 32.1. The van der Waals surface area contributed by atoms with Crippen molar-refractivity contribution >= 4 is 11.3 Å². The fraction of sp³-hybridized carbons (Fsp3) is 0.375. The van der Waals surface area contributed by atoms with Gasteiger partial charge in [0.1, 0.15) is 17.6 Å². The summed E-state index contributed by atoms with van der Waals surface area (Å²) < 4.78 is 11.6. The molecule has 2 N–H and O–H groups in total. The second-order valence-electron chi connectivity index (χ2n) is 4.73. The van der Waals surface area contributed by atoms with Crippen molar-refractivity contribution < 1.29 is 9.47 Å². The fourth-order valence-electron chi connectivity index (χ4n) is 1.86. The number of hydrogen-bond acceptors (Lipinski definition) is 4. The Kier molecular flexibility index (Phi) is 5.44. The maximum atomic E-state index is 6.03. The lowest BCUT2D eigenvalue weighted by atomic mass is 10.1. The number of nitrogens with two attached hydrogens (primary N) is 1. The van der Waals surface area contributed by atoms with E-state index in [9.17, 15) is 0 Å². The number of rotatable bonds is 7.